The van der Waals surface area contributed by atoms with Crippen LogP contribution in [0, 0.1) is 0 Å². The van der Waals surface area contributed by atoms with Crippen LogP contribution in [0.5, 0.6) is 0 Å². The Morgan fingerprint density at radius 3 is 2.63 bits per heavy atom. The predicted octanol–water partition coefficient (Wildman–Crippen LogP) is 1.10. The molecule has 1 amide bonds. The van der Waals surface area contributed by atoms with Crippen LogP contribution >= 0.6 is 0 Å². The number of nitrogens with zero attached hydrogens (tertiary/aromatic N) is 2. The lowest BCUT2D eigenvalue weighted by molar-refractivity contribution is 0.0911. The van der Waals surface area contributed by atoms with Gasteiger partial charge >= 0.3 is 0 Å². The SMILES string of the molecule is CC(C)(C)c1nc(C(=O)N[C@@H]2CCCC[C@H]2N)n[nH]1. The maximum Gasteiger partial charge on any atom is 0.291 e. The third kappa shape index (κ3) is 3.32. The Labute approximate surface area is 113 Å². The van der Waals surface area contributed by atoms with E-state index >= 15 is 0 Å². The van der Waals surface area contributed by atoms with Crippen molar-refractivity contribution in [2.45, 2.75) is 64.0 Å². The summed E-state index contributed by atoms with van der Waals surface area (Å²) in [5.41, 5.74) is 5.87. The van der Waals surface area contributed by atoms with Crippen molar-refractivity contribution in [2.75, 3.05) is 0 Å². The molecule has 0 bridgehead atoms. The molecule has 1 fully saturated rings. The van der Waals surface area contributed by atoms with E-state index in [4.69, 9.17) is 5.73 Å². The van der Waals surface area contributed by atoms with Crippen molar-refractivity contribution in [3.63, 3.8) is 0 Å². The number of carbonyl (C=O) groups excluding carboxylic acids is 1. The molecule has 0 unspecified atom stereocenters. The van der Waals surface area contributed by atoms with Crippen LogP contribution in [0.15, 0.2) is 0 Å². The number of rotatable bonds is 2. The lowest BCUT2D eigenvalue weighted by Crippen LogP contribution is -2.49. The molecule has 4 N–H and O–H groups in total. The first kappa shape index (κ1) is 14.0. The normalized spacial score (nSPS) is 24.2. The Balaban J connectivity index is 2.01. The summed E-state index contributed by atoms with van der Waals surface area (Å²) in [4.78, 5) is 16.3. The molecule has 1 saturated carbocycles. The molecule has 106 valence electrons. The van der Waals surface area contributed by atoms with Crippen LogP contribution in [-0.4, -0.2) is 33.2 Å². The summed E-state index contributed by atoms with van der Waals surface area (Å²) in [5, 5.41) is 9.75. The molecule has 1 aromatic heterocycles. The Bertz CT molecular complexity index is 448. The summed E-state index contributed by atoms with van der Waals surface area (Å²) < 4.78 is 0. The van der Waals surface area contributed by atoms with Crippen LogP contribution in [-0.2, 0) is 5.41 Å². The second-order valence-electron chi connectivity index (χ2n) is 6.29. The maximum absolute atomic E-state index is 12.1. The molecule has 19 heavy (non-hydrogen) atoms. The van der Waals surface area contributed by atoms with Crippen molar-refractivity contribution in [2.24, 2.45) is 5.73 Å². The molecular formula is C13H23N5O. The Morgan fingerprint density at radius 1 is 1.37 bits per heavy atom. The Kier molecular flexibility index (Phi) is 3.89. The van der Waals surface area contributed by atoms with Crippen molar-refractivity contribution in [3.8, 4) is 0 Å². The van der Waals surface area contributed by atoms with Crippen molar-refractivity contribution in [3.05, 3.63) is 11.6 Å². The molecule has 2 rings (SSSR count). The molecule has 1 aromatic rings. The number of carbonyl (C=O) groups is 1. The van der Waals surface area contributed by atoms with Crippen LogP contribution in [0.2, 0.25) is 0 Å². The molecule has 1 aliphatic carbocycles. The van der Waals surface area contributed by atoms with Gasteiger partial charge in [-0.25, -0.2) is 4.98 Å². The minimum atomic E-state index is -0.242. The van der Waals surface area contributed by atoms with Gasteiger partial charge in [-0.1, -0.05) is 33.6 Å². The first-order chi connectivity index (χ1) is 8.88. The highest BCUT2D eigenvalue weighted by Crippen LogP contribution is 2.19. The number of amides is 1. The fraction of sp³-hybridized carbons (Fsp3) is 0.769. The third-order valence-electron chi connectivity index (χ3n) is 3.53. The summed E-state index contributed by atoms with van der Waals surface area (Å²) >= 11 is 0. The minimum Gasteiger partial charge on any atom is -0.345 e. The maximum atomic E-state index is 12.1. The van der Waals surface area contributed by atoms with E-state index in [1.807, 2.05) is 20.8 Å². The van der Waals surface area contributed by atoms with Crippen molar-refractivity contribution >= 4 is 5.91 Å². The average molecular weight is 265 g/mol. The van der Waals surface area contributed by atoms with Gasteiger partial charge in [-0.05, 0) is 12.8 Å². The highest BCUT2D eigenvalue weighted by Gasteiger charge is 2.26. The molecule has 1 aliphatic rings. The van der Waals surface area contributed by atoms with E-state index in [-0.39, 0.29) is 29.2 Å². The highest BCUT2D eigenvalue weighted by molar-refractivity contribution is 5.90. The standard InChI is InChI=1S/C13H23N5O/c1-13(2,3)12-16-10(17-18-12)11(19)15-9-7-5-4-6-8(9)14/h8-9H,4-7,14H2,1-3H3,(H,15,19)(H,16,17,18)/t8-,9-/m1/s1. The lowest BCUT2D eigenvalue weighted by atomic mass is 9.91. The third-order valence-corrected chi connectivity index (χ3v) is 3.53. The van der Waals surface area contributed by atoms with Crippen LogP contribution in [0.3, 0.4) is 0 Å². The summed E-state index contributed by atoms with van der Waals surface area (Å²) in [7, 11) is 0. The number of hydrogen-bond acceptors (Lipinski definition) is 4. The van der Waals surface area contributed by atoms with E-state index in [9.17, 15) is 4.79 Å². The number of hydrogen-bond donors (Lipinski definition) is 3. The van der Waals surface area contributed by atoms with Gasteiger partial charge in [0.05, 0.1) is 0 Å². The molecule has 6 heteroatoms. The largest absolute Gasteiger partial charge is 0.345 e. The van der Waals surface area contributed by atoms with Crippen LogP contribution in [0.1, 0.15) is 62.9 Å². The molecule has 6 nitrogen and oxygen atoms in total. The summed E-state index contributed by atoms with van der Waals surface area (Å²) in [6.45, 7) is 6.06. The van der Waals surface area contributed by atoms with Gasteiger partial charge < -0.3 is 11.1 Å². The van der Waals surface area contributed by atoms with Gasteiger partial charge in [0.1, 0.15) is 5.82 Å². The van der Waals surface area contributed by atoms with Gasteiger partial charge in [0.2, 0.25) is 5.82 Å². The molecule has 0 saturated heterocycles. The number of nitrogens with two attached hydrogens (primary N) is 1. The molecule has 0 radical (unpaired) electrons. The fourth-order valence-electron chi connectivity index (χ4n) is 2.27. The summed E-state index contributed by atoms with van der Waals surface area (Å²) in [5.74, 6) is 0.669. The van der Waals surface area contributed by atoms with Crippen molar-refractivity contribution in [1.29, 1.82) is 0 Å². The molecule has 0 spiro atoms. The van der Waals surface area contributed by atoms with Gasteiger partial charge in [0, 0.05) is 17.5 Å². The van der Waals surface area contributed by atoms with Crippen LogP contribution in [0.25, 0.3) is 0 Å². The van der Waals surface area contributed by atoms with Gasteiger partial charge in [0.15, 0.2) is 0 Å². The van der Waals surface area contributed by atoms with Gasteiger partial charge in [-0.2, -0.15) is 0 Å². The molecule has 1 heterocycles. The quantitative estimate of drug-likeness (QED) is 0.746. The average Bonchev–Trinajstić information content (AvgIpc) is 2.81. The van der Waals surface area contributed by atoms with E-state index in [0.717, 1.165) is 25.7 Å². The topological polar surface area (TPSA) is 96.7 Å². The smallest absolute Gasteiger partial charge is 0.291 e. The van der Waals surface area contributed by atoms with Gasteiger partial charge in [-0.3, -0.25) is 9.89 Å². The van der Waals surface area contributed by atoms with E-state index < -0.39 is 0 Å². The summed E-state index contributed by atoms with van der Waals surface area (Å²) in [6.07, 6.45) is 4.15. The predicted molar refractivity (Wildman–Crippen MR) is 72.8 cm³/mol. The Hall–Kier alpha value is -1.43. The zero-order valence-electron chi connectivity index (χ0n) is 11.9. The van der Waals surface area contributed by atoms with E-state index in [2.05, 4.69) is 20.5 Å². The molecule has 0 aromatic carbocycles. The fourth-order valence-corrected chi connectivity index (χ4v) is 2.27. The highest BCUT2D eigenvalue weighted by atomic mass is 16.2. The number of nitrogens with one attached hydrogen (secondary N) is 2. The van der Waals surface area contributed by atoms with Gasteiger partial charge in [0.25, 0.3) is 5.91 Å². The van der Waals surface area contributed by atoms with Gasteiger partial charge in [-0.15, -0.1) is 5.10 Å². The molecule has 2 atom stereocenters. The lowest BCUT2D eigenvalue weighted by Gasteiger charge is -2.28. The van der Waals surface area contributed by atoms with Crippen molar-refractivity contribution in [1.82, 2.24) is 20.5 Å². The first-order valence-corrected chi connectivity index (χ1v) is 6.87. The van der Waals surface area contributed by atoms with E-state index in [0.29, 0.717) is 5.82 Å². The van der Waals surface area contributed by atoms with Crippen LogP contribution in [0.4, 0.5) is 0 Å². The monoisotopic (exact) mass is 265 g/mol. The molecular weight excluding hydrogens is 242 g/mol. The number of H-pyrrole nitrogens is 1. The summed E-state index contributed by atoms with van der Waals surface area (Å²) in [6, 6.07) is 0.0802. The number of aromatic amines is 1. The number of aromatic nitrogens is 3. The zero-order valence-corrected chi connectivity index (χ0v) is 11.9. The second kappa shape index (κ2) is 5.28. The van der Waals surface area contributed by atoms with E-state index in [1.54, 1.807) is 0 Å². The Morgan fingerprint density at radius 2 is 2.05 bits per heavy atom. The first-order valence-electron chi connectivity index (χ1n) is 6.87. The minimum absolute atomic E-state index is 0.0397. The second-order valence-corrected chi connectivity index (χ2v) is 6.29. The molecule has 0 aliphatic heterocycles. The van der Waals surface area contributed by atoms with E-state index in [1.165, 1.54) is 0 Å². The van der Waals surface area contributed by atoms with Crippen molar-refractivity contribution < 1.29 is 4.79 Å². The zero-order chi connectivity index (χ0) is 14.0. The van der Waals surface area contributed by atoms with Crippen LogP contribution < -0.4 is 11.1 Å².